The molecule has 0 fully saturated rings. The van der Waals surface area contributed by atoms with Crippen molar-refractivity contribution in [1.29, 1.82) is 0 Å². The molecule has 96 valence electrons. The molecule has 0 aliphatic rings. The van der Waals surface area contributed by atoms with E-state index in [0.717, 1.165) is 12.1 Å². The lowest BCUT2D eigenvalue weighted by Crippen LogP contribution is -2.23. The van der Waals surface area contributed by atoms with Crippen LogP contribution in [0.15, 0.2) is 18.2 Å². The van der Waals surface area contributed by atoms with E-state index in [2.05, 4.69) is 0 Å². The fourth-order valence-corrected chi connectivity index (χ4v) is 1.44. The minimum atomic E-state index is -4.51. The third kappa shape index (κ3) is 3.18. The average Bonchev–Trinajstić information content (AvgIpc) is 2.26. The molecule has 1 rings (SSSR count). The van der Waals surface area contributed by atoms with Gasteiger partial charge in [0.1, 0.15) is 12.2 Å². The minimum Gasteiger partial charge on any atom is -0.394 e. The molecule has 3 N–H and O–H groups in total. The first-order chi connectivity index (χ1) is 7.77. The Morgan fingerprint density at radius 2 is 1.82 bits per heavy atom. The summed E-state index contributed by atoms with van der Waals surface area (Å²) in [5.74, 6) is 0. The van der Waals surface area contributed by atoms with E-state index in [1.165, 1.54) is 13.0 Å². The van der Waals surface area contributed by atoms with Gasteiger partial charge in [-0.05, 0) is 30.2 Å². The summed E-state index contributed by atoms with van der Waals surface area (Å²) >= 11 is 0. The fourth-order valence-electron chi connectivity index (χ4n) is 1.44. The molecule has 0 bridgehead atoms. The molecule has 0 saturated heterocycles. The van der Waals surface area contributed by atoms with Crippen molar-refractivity contribution in [3.05, 3.63) is 34.9 Å². The summed E-state index contributed by atoms with van der Waals surface area (Å²) < 4.78 is 37.4. The first-order valence-corrected chi connectivity index (χ1v) is 4.92. The average molecular weight is 250 g/mol. The van der Waals surface area contributed by atoms with Crippen LogP contribution in [0.25, 0.3) is 0 Å². The van der Waals surface area contributed by atoms with Gasteiger partial charge in [0.05, 0.1) is 12.2 Å². The molecule has 0 amide bonds. The van der Waals surface area contributed by atoms with Crippen LogP contribution in [0.3, 0.4) is 0 Å². The summed E-state index contributed by atoms with van der Waals surface area (Å²) in [4.78, 5) is 0. The predicted octanol–water partition coefficient (Wildman–Crippen LogP) is 1.40. The normalized spacial score (nSPS) is 15.7. The Morgan fingerprint density at radius 1 is 1.24 bits per heavy atom. The topological polar surface area (TPSA) is 60.7 Å². The van der Waals surface area contributed by atoms with Crippen LogP contribution < -0.4 is 0 Å². The molecule has 3 nitrogen and oxygen atoms in total. The maximum Gasteiger partial charge on any atom is 0.416 e. The van der Waals surface area contributed by atoms with E-state index in [0.29, 0.717) is 5.56 Å². The van der Waals surface area contributed by atoms with Crippen molar-refractivity contribution in [1.82, 2.24) is 0 Å². The second kappa shape index (κ2) is 5.03. The van der Waals surface area contributed by atoms with E-state index < -0.39 is 30.6 Å². The molecule has 1 aromatic rings. The second-order valence-corrected chi connectivity index (χ2v) is 3.76. The Labute approximate surface area is 96.1 Å². The van der Waals surface area contributed by atoms with Crippen LogP contribution in [0.1, 0.15) is 22.8 Å². The first-order valence-electron chi connectivity index (χ1n) is 4.92. The van der Waals surface area contributed by atoms with Crippen molar-refractivity contribution in [2.75, 3.05) is 6.61 Å². The van der Waals surface area contributed by atoms with Gasteiger partial charge in [-0.2, -0.15) is 13.2 Å². The zero-order valence-corrected chi connectivity index (χ0v) is 9.07. The molecule has 0 heterocycles. The van der Waals surface area contributed by atoms with Crippen LogP contribution in [0.5, 0.6) is 0 Å². The molecule has 2 unspecified atom stereocenters. The molecule has 6 heteroatoms. The molecule has 0 aliphatic heterocycles. The number of halogens is 3. The zero-order valence-electron chi connectivity index (χ0n) is 9.07. The van der Waals surface area contributed by atoms with E-state index in [9.17, 15) is 23.4 Å². The molecule has 0 aliphatic carbocycles. The number of aliphatic hydroxyl groups excluding tert-OH is 3. The SMILES string of the molecule is Cc1ccc(C(F)(F)F)cc1C(O)C(O)CO. The van der Waals surface area contributed by atoms with Crippen molar-refractivity contribution < 1.29 is 28.5 Å². The molecular formula is C11H13F3O3. The van der Waals surface area contributed by atoms with Crippen molar-refractivity contribution in [2.45, 2.75) is 25.3 Å². The summed E-state index contributed by atoms with van der Waals surface area (Å²) in [7, 11) is 0. The van der Waals surface area contributed by atoms with Gasteiger partial charge in [-0.25, -0.2) is 0 Å². The molecule has 2 atom stereocenters. The Hall–Kier alpha value is -1.11. The molecule has 0 aromatic heterocycles. The Kier molecular flexibility index (Phi) is 4.13. The first kappa shape index (κ1) is 14.0. The minimum absolute atomic E-state index is 0.0404. The predicted molar refractivity (Wildman–Crippen MR) is 54.2 cm³/mol. The van der Waals surface area contributed by atoms with Crippen LogP contribution in [0.4, 0.5) is 13.2 Å². The largest absolute Gasteiger partial charge is 0.416 e. The highest BCUT2D eigenvalue weighted by Crippen LogP contribution is 2.32. The lowest BCUT2D eigenvalue weighted by Gasteiger charge is -2.19. The fraction of sp³-hybridized carbons (Fsp3) is 0.455. The van der Waals surface area contributed by atoms with Crippen molar-refractivity contribution in [2.24, 2.45) is 0 Å². The Balaban J connectivity index is 3.15. The summed E-state index contributed by atoms with van der Waals surface area (Å²) in [6, 6.07) is 2.89. The van der Waals surface area contributed by atoms with Crippen LogP contribution >= 0.6 is 0 Å². The van der Waals surface area contributed by atoms with Crippen molar-refractivity contribution in [3.8, 4) is 0 Å². The monoisotopic (exact) mass is 250 g/mol. The Morgan fingerprint density at radius 3 is 2.29 bits per heavy atom. The summed E-state index contributed by atoms with van der Waals surface area (Å²) in [5, 5.41) is 27.5. The molecular weight excluding hydrogens is 237 g/mol. The van der Waals surface area contributed by atoms with Crippen LogP contribution in [0, 0.1) is 6.92 Å². The van der Waals surface area contributed by atoms with Gasteiger partial charge in [0, 0.05) is 0 Å². The lowest BCUT2D eigenvalue weighted by molar-refractivity contribution is -0.137. The highest BCUT2D eigenvalue weighted by atomic mass is 19.4. The standard InChI is InChI=1S/C11H13F3O3/c1-6-2-3-7(11(12,13)14)4-8(6)10(17)9(16)5-15/h2-4,9-10,15-17H,5H2,1H3. The number of aryl methyl sites for hydroxylation is 1. The maximum absolute atomic E-state index is 12.5. The van der Waals surface area contributed by atoms with E-state index in [1.54, 1.807) is 0 Å². The van der Waals surface area contributed by atoms with Crippen LogP contribution in [-0.4, -0.2) is 28.0 Å². The van der Waals surface area contributed by atoms with E-state index in [1.807, 2.05) is 0 Å². The zero-order chi connectivity index (χ0) is 13.2. The van der Waals surface area contributed by atoms with Gasteiger partial charge in [-0.3, -0.25) is 0 Å². The van der Waals surface area contributed by atoms with E-state index in [-0.39, 0.29) is 5.56 Å². The summed E-state index contributed by atoms with van der Waals surface area (Å²) in [6.07, 6.45) is -7.55. The number of benzene rings is 1. The van der Waals surface area contributed by atoms with Gasteiger partial charge in [-0.15, -0.1) is 0 Å². The number of rotatable bonds is 3. The van der Waals surface area contributed by atoms with Gasteiger partial charge in [0.15, 0.2) is 0 Å². The molecule has 17 heavy (non-hydrogen) atoms. The van der Waals surface area contributed by atoms with Crippen LogP contribution in [-0.2, 0) is 6.18 Å². The van der Waals surface area contributed by atoms with E-state index in [4.69, 9.17) is 5.11 Å². The van der Waals surface area contributed by atoms with Gasteiger partial charge >= 0.3 is 6.18 Å². The van der Waals surface area contributed by atoms with Gasteiger partial charge in [0.25, 0.3) is 0 Å². The van der Waals surface area contributed by atoms with Crippen LogP contribution in [0.2, 0.25) is 0 Å². The molecule has 0 radical (unpaired) electrons. The highest BCUT2D eigenvalue weighted by molar-refractivity contribution is 5.34. The second-order valence-electron chi connectivity index (χ2n) is 3.76. The van der Waals surface area contributed by atoms with Gasteiger partial charge in [0.2, 0.25) is 0 Å². The van der Waals surface area contributed by atoms with Gasteiger partial charge in [-0.1, -0.05) is 6.07 Å². The smallest absolute Gasteiger partial charge is 0.394 e. The van der Waals surface area contributed by atoms with E-state index >= 15 is 0 Å². The number of hydrogen-bond acceptors (Lipinski definition) is 3. The third-order valence-corrected chi connectivity index (χ3v) is 2.48. The van der Waals surface area contributed by atoms with Crippen molar-refractivity contribution >= 4 is 0 Å². The molecule has 1 aromatic carbocycles. The highest BCUT2D eigenvalue weighted by Gasteiger charge is 2.32. The Bertz CT molecular complexity index is 390. The van der Waals surface area contributed by atoms with Gasteiger partial charge < -0.3 is 15.3 Å². The third-order valence-electron chi connectivity index (χ3n) is 2.48. The number of aliphatic hydroxyl groups is 3. The summed E-state index contributed by atoms with van der Waals surface area (Å²) in [6.45, 7) is 0.791. The maximum atomic E-state index is 12.5. The quantitative estimate of drug-likeness (QED) is 0.760. The number of hydrogen-bond donors (Lipinski definition) is 3. The molecule has 0 spiro atoms. The summed E-state index contributed by atoms with van der Waals surface area (Å²) in [5.41, 5.74) is -0.526. The number of alkyl halides is 3. The lowest BCUT2D eigenvalue weighted by atomic mass is 9.97. The van der Waals surface area contributed by atoms with Crippen molar-refractivity contribution in [3.63, 3.8) is 0 Å². The molecule has 0 saturated carbocycles.